The number of amides is 2. The number of nitrogens with zero attached hydrogens (tertiary/aromatic N) is 4. The van der Waals surface area contributed by atoms with Crippen molar-refractivity contribution in [2.24, 2.45) is 0 Å². The fraction of sp³-hybridized carbons (Fsp3) is 0.100. The number of benzene rings is 2. The Morgan fingerprint density at radius 1 is 1.15 bits per heavy atom. The van der Waals surface area contributed by atoms with E-state index in [9.17, 15) is 14.4 Å². The minimum atomic E-state index is -0.605. The Bertz CT molecular complexity index is 1900. The van der Waals surface area contributed by atoms with Gasteiger partial charge in [-0.25, -0.2) is 9.50 Å². The number of hydrogen-bond acceptors (Lipinski definition) is 6. The van der Waals surface area contributed by atoms with E-state index in [1.165, 1.54) is 10.6 Å². The maximum absolute atomic E-state index is 14.1. The van der Waals surface area contributed by atoms with Gasteiger partial charge in [0.2, 0.25) is 5.91 Å². The van der Waals surface area contributed by atoms with Crippen LogP contribution in [0.15, 0.2) is 90.5 Å². The SMILES string of the molecule is C=CC(=O)NCC#Cc1cccc2cc(C(C)NC(=O)c3c(N)nn4cccnc34)n(-c3ccccc3)c(=O)c12. The van der Waals surface area contributed by atoms with Crippen LogP contribution in [0, 0.1) is 11.8 Å². The fourth-order valence-corrected chi connectivity index (χ4v) is 4.46. The zero-order chi connectivity index (χ0) is 28.2. The minimum Gasteiger partial charge on any atom is -0.381 e. The Kier molecular flexibility index (Phi) is 7.11. The maximum Gasteiger partial charge on any atom is 0.264 e. The number of fused-ring (bicyclic) bond motifs is 2. The molecule has 0 spiro atoms. The average Bonchev–Trinajstić information content (AvgIpc) is 3.31. The molecule has 0 saturated heterocycles. The van der Waals surface area contributed by atoms with Crippen LogP contribution in [-0.2, 0) is 4.79 Å². The van der Waals surface area contributed by atoms with Gasteiger partial charge in [-0.05, 0) is 48.7 Å². The first-order valence-electron chi connectivity index (χ1n) is 12.4. The van der Waals surface area contributed by atoms with E-state index >= 15 is 0 Å². The van der Waals surface area contributed by atoms with Crippen LogP contribution in [0.2, 0.25) is 0 Å². The highest BCUT2D eigenvalue weighted by atomic mass is 16.2. The molecule has 1 unspecified atom stereocenters. The van der Waals surface area contributed by atoms with Crippen molar-refractivity contribution in [2.45, 2.75) is 13.0 Å². The van der Waals surface area contributed by atoms with E-state index in [-0.39, 0.29) is 29.4 Å². The molecule has 5 rings (SSSR count). The lowest BCUT2D eigenvalue weighted by Crippen LogP contribution is -2.32. The Hall–Kier alpha value is -5.69. The van der Waals surface area contributed by atoms with Gasteiger partial charge in [-0.2, -0.15) is 0 Å². The topological polar surface area (TPSA) is 136 Å². The first-order chi connectivity index (χ1) is 19.4. The summed E-state index contributed by atoms with van der Waals surface area (Å²) in [6.07, 6.45) is 4.38. The van der Waals surface area contributed by atoms with Crippen molar-refractivity contribution < 1.29 is 9.59 Å². The molecule has 4 N–H and O–H groups in total. The molecule has 2 aromatic carbocycles. The Balaban J connectivity index is 1.59. The van der Waals surface area contributed by atoms with E-state index in [0.717, 1.165) is 0 Å². The highest BCUT2D eigenvalue weighted by molar-refractivity contribution is 6.04. The molecular weight excluding hydrogens is 506 g/mol. The van der Waals surface area contributed by atoms with Crippen molar-refractivity contribution in [3.8, 4) is 17.5 Å². The summed E-state index contributed by atoms with van der Waals surface area (Å²) in [4.78, 5) is 43.1. The van der Waals surface area contributed by atoms with E-state index in [1.807, 2.05) is 42.5 Å². The molecule has 0 aliphatic carbocycles. The molecule has 0 radical (unpaired) electrons. The summed E-state index contributed by atoms with van der Waals surface area (Å²) in [5, 5.41) is 10.8. The number of para-hydroxylation sites is 1. The van der Waals surface area contributed by atoms with Gasteiger partial charge < -0.3 is 16.4 Å². The highest BCUT2D eigenvalue weighted by Gasteiger charge is 2.23. The van der Waals surface area contributed by atoms with Gasteiger partial charge in [-0.3, -0.25) is 19.0 Å². The first kappa shape index (κ1) is 25.9. The van der Waals surface area contributed by atoms with Crippen molar-refractivity contribution in [2.75, 3.05) is 12.3 Å². The molecule has 198 valence electrons. The minimum absolute atomic E-state index is 0.0508. The van der Waals surface area contributed by atoms with Crippen LogP contribution in [0.4, 0.5) is 5.82 Å². The number of aromatic nitrogens is 4. The lowest BCUT2D eigenvalue weighted by molar-refractivity contribution is -0.116. The lowest BCUT2D eigenvalue weighted by atomic mass is 10.0. The summed E-state index contributed by atoms with van der Waals surface area (Å²) in [5.74, 6) is 5.13. The largest absolute Gasteiger partial charge is 0.381 e. The predicted molar refractivity (Wildman–Crippen MR) is 153 cm³/mol. The lowest BCUT2D eigenvalue weighted by Gasteiger charge is -2.21. The monoisotopic (exact) mass is 531 g/mol. The summed E-state index contributed by atoms with van der Waals surface area (Å²) in [7, 11) is 0. The molecule has 0 bridgehead atoms. The summed E-state index contributed by atoms with van der Waals surface area (Å²) in [5.41, 5.74) is 7.95. The molecule has 0 aliphatic rings. The summed E-state index contributed by atoms with van der Waals surface area (Å²) in [6, 6.07) is 17.5. The summed E-state index contributed by atoms with van der Waals surface area (Å²) < 4.78 is 3.01. The van der Waals surface area contributed by atoms with Gasteiger partial charge in [-0.1, -0.05) is 48.8 Å². The van der Waals surface area contributed by atoms with Gasteiger partial charge in [0, 0.05) is 29.3 Å². The number of anilines is 1. The van der Waals surface area contributed by atoms with Crippen LogP contribution in [0.5, 0.6) is 0 Å². The number of nitrogen functional groups attached to an aromatic ring is 1. The number of rotatable bonds is 6. The Morgan fingerprint density at radius 3 is 2.73 bits per heavy atom. The van der Waals surface area contributed by atoms with Crippen LogP contribution < -0.4 is 21.9 Å². The molecule has 0 fully saturated rings. The van der Waals surface area contributed by atoms with Crippen molar-refractivity contribution in [1.82, 2.24) is 29.8 Å². The molecule has 40 heavy (non-hydrogen) atoms. The zero-order valence-electron chi connectivity index (χ0n) is 21.6. The molecule has 0 saturated carbocycles. The van der Waals surface area contributed by atoms with E-state index in [0.29, 0.717) is 33.4 Å². The fourth-order valence-electron chi connectivity index (χ4n) is 4.46. The van der Waals surface area contributed by atoms with Crippen molar-refractivity contribution >= 4 is 34.1 Å². The van der Waals surface area contributed by atoms with Gasteiger partial charge in [0.25, 0.3) is 11.5 Å². The molecule has 2 amide bonds. The molecule has 0 aliphatic heterocycles. The number of hydrogen-bond donors (Lipinski definition) is 3. The molecular formula is C30H25N7O3. The molecule has 10 nitrogen and oxygen atoms in total. The second-order valence-corrected chi connectivity index (χ2v) is 8.88. The number of nitrogens with two attached hydrogens (primary N) is 1. The molecule has 3 aromatic heterocycles. The molecule has 1 atom stereocenters. The van der Waals surface area contributed by atoms with Crippen molar-refractivity contribution in [3.63, 3.8) is 0 Å². The van der Waals surface area contributed by atoms with Gasteiger partial charge >= 0.3 is 0 Å². The van der Waals surface area contributed by atoms with Crippen LogP contribution >= 0.6 is 0 Å². The standard InChI is InChI=1S/C30H25N7O3/c1-3-24(38)32-15-8-12-20-10-7-11-21-18-23(37(30(40)25(20)21)22-13-5-4-6-14-22)19(2)34-29(39)26-27(31)35-36-17-9-16-33-28(26)36/h3-7,9-11,13-14,16-19H,1,15H2,2H3,(H2,31,35)(H,32,38)(H,34,39). The zero-order valence-corrected chi connectivity index (χ0v) is 21.6. The second-order valence-electron chi connectivity index (χ2n) is 8.88. The predicted octanol–water partition coefficient (Wildman–Crippen LogP) is 2.76. The van der Waals surface area contributed by atoms with Gasteiger partial charge in [0.15, 0.2) is 11.5 Å². The van der Waals surface area contributed by atoms with Crippen molar-refractivity contribution in [1.29, 1.82) is 0 Å². The van der Waals surface area contributed by atoms with Crippen molar-refractivity contribution in [3.05, 3.63) is 113 Å². The van der Waals surface area contributed by atoms with E-state index < -0.39 is 11.9 Å². The number of carbonyl (C=O) groups excluding carboxylic acids is 2. The number of pyridine rings is 1. The van der Waals surface area contributed by atoms with Crippen LogP contribution in [0.25, 0.3) is 22.1 Å². The third-order valence-electron chi connectivity index (χ3n) is 6.29. The normalized spacial score (nSPS) is 11.4. The van der Waals surface area contributed by atoms with Gasteiger partial charge in [0.05, 0.1) is 18.0 Å². The van der Waals surface area contributed by atoms with Gasteiger partial charge in [0.1, 0.15) is 5.56 Å². The summed E-state index contributed by atoms with van der Waals surface area (Å²) >= 11 is 0. The molecule has 5 aromatic rings. The van der Waals surface area contributed by atoms with Crippen LogP contribution in [0.1, 0.15) is 34.6 Å². The quantitative estimate of drug-likeness (QED) is 0.228. The van der Waals surface area contributed by atoms with E-state index in [1.54, 1.807) is 42.1 Å². The number of nitrogens with one attached hydrogen (secondary N) is 2. The Morgan fingerprint density at radius 2 is 1.95 bits per heavy atom. The third-order valence-corrected chi connectivity index (χ3v) is 6.29. The third kappa shape index (κ3) is 4.91. The Labute approximate surface area is 229 Å². The molecule has 3 heterocycles. The summed E-state index contributed by atoms with van der Waals surface area (Å²) in [6.45, 7) is 5.32. The second kappa shape index (κ2) is 11.0. The van der Waals surface area contributed by atoms with Gasteiger partial charge in [-0.15, -0.1) is 5.10 Å². The average molecular weight is 532 g/mol. The van der Waals surface area contributed by atoms with E-state index in [2.05, 4.69) is 39.1 Å². The van der Waals surface area contributed by atoms with Crippen LogP contribution in [0.3, 0.4) is 0 Å². The first-order valence-corrected chi connectivity index (χ1v) is 12.4. The number of carbonyl (C=O) groups is 2. The maximum atomic E-state index is 14.1. The van der Waals surface area contributed by atoms with E-state index in [4.69, 9.17) is 5.73 Å². The molecule has 10 heteroatoms. The highest BCUT2D eigenvalue weighted by Crippen LogP contribution is 2.24. The van der Waals surface area contributed by atoms with Crippen LogP contribution in [-0.4, -0.2) is 37.5 Å². The smallest absolute Gasteiger partial charge is 0.264 e.